The molecule has 5 aromatic rings. The van der Waals surface area contributed by atoms with Crippen molar-refractivity contribution < 1.29 is 32.7 Å². The molecule has 4 N–H and O–H groups in total. The molecule has 1 aliphatic heterocycles. The zero-order valence-corrected chi connectivity index (χ0v) is 24.1. The van der Waals surface area contributed by atoms with Crippen LogP contribution in [0.2, 0.25) is 0 Å². The number of ketones is 1. The van der Waals surface area contributed by atoms with Gasteiger partial charge >= 0.3 is 5.97 Å². The summed E-state index contributed by atoms with van der Waals surface area (Å²) in [5.74, 6) is -2.18. The number of hydrogen-bond donors (Lipinski definition) is 3. The van der Waals surface area contributed by atoms with E-state index in [1.807, 2.05) is 6.20 Å². The Kier molecular flexibility index (Phi) is 8.68. The minimum Gasteiger partial charge on any atom is -0.465 e. The van der Waals surface area contributed by atoms with Crippen molar-refractivity contribution in [1.29, 1.82) is 0 Å². The van der Waals surface area contributed by atoms with E-state index in [1.165, 1.54) is 37.3 Å². The number of aromatic amines is 2. The quantitative estimate of drug-likeness (QED) is 0.188. The topological polar surface area (TPSA) is 138 Å². The van der Waals surface area contributed by atoms with Gasteiger partial charge in [0.15, 0.2) is 5.78 Å². The SMILES string of the molecule is CN.COC(=O)c1cc(F)cc2[nH]cc(CCN3C(=O)c4ccccc4C3=O)c12.O=C1CCCc2c[nH]c3cc(F)cc1c23. The first-order chi connectivity index (χ1) is 21.3. The number of ether oxygens (including phenoxy) is 1. The number of halogens is 2. The van der Waals surface area contributed by atoms with E-state index in [1.54, 1.807) is 30.5 Å². The molecule has 3 heterocycles. The minimum absolute atomic E-state index is 0.0536. The van der Waals surface area contributed by atoms with Gasteiger partial charge in [-0.15, -0.1) is 0 Å². The van der Waals surface area contributed by atoms with Gasteiger partial charge in [-0.05, 0) is 73.8 Å². The van der Waals surface area contributed by atoms with Crippen LogP contribution in [-0.2, 0) is 17.6 Å². The van der Waals surface area contributed by atoms with Crippen molar-refractivity contribution in [2.24, 2.45) is 5.73 Å². The number of H-pyrrole nitrogens is 2. The summed E-state index contributed by atoms with van der Waals surface area (Å²) in [6.45, 7) is 0.150. The van der Waals surface area contributed by atoms with Crippen molar-refractivity contribution in [2.75, 3.05) is 20.7 Å². The van der Waals surface area contributed by atoms with E-state index in [0.29, 0.717) is 46.0 Å². The van der Waals surface area contributed by atoms with Gasteiger partial charge in [0.25, 0.3) is 11.8 Å². The third kappa shape index (κ3) is 5.49. The number of nitrogens with zero attached hydrogens (tertiary/aromatic N) is 1. The van der Waals surface area contributed by atoms with Gasteiger partial charge in [-0.2, -0.15) is 0 Å². The van der Waals surface area contributed by atoms with Gasteiger partial charge in [-0.25, -0.2) is 13.6 Å². The van der Waals surface area contributed by atoms with Crippen LogP contribution >= 0.6 is 0 Å². The van der Waals surface area contributed by atoms with Gasteiger partial charge in [0, 0.05) is 52.7 Å². The molecule has 3 aromatic carbocycles. The van der Waals surface area contributed by atoms with E-state index >= 15 is 0 Å². The van der Waals surface area contributed by atoms with Crippen molar-refractivity contribution in [1.82, 2.24) is 14.9 Å². The van der Waals surface area contributed by atoms with E-state index in [4.69, 9.17) is 4.74 Å². The molecule has 2 aromatic heterocycles. The highest BCUT2D eigenvalue weighted by molar-refractivity contribution is 6.21. The van der Waals surface area contributed by atoms with Gasteiger partial charge in [0.2, 0.25) is 0 Å². The number of imide groups is 1. The fourth-order valence-electron chi connectivity index (χ4n) is 5.74. The monoisotopic (exact) mass is 600 g/mol. The van der Waals surface area contributed by atoms with Crippen molar-refractivity contribution in [2.45, 2.75) is 25.7 Å². The van der Waals surface area contributed by atoms with Crippen LogP contribution in [0.3, 0.4) is 0 Å². The maximum atomic E-state index is 13.8. The second-order valence-electron chi connectivity index (χ2n) is 10.2. The molecular weight excluding hydrogens is 570 g/mol. The third-order valence-corrected chi connectivity index (χ3v) is 7.69. The number of esters is 1. The standard InChI is InChI=1S/C20H15FN2O4.C12H10FNO.CH5N/c1-27-20(26)15-8-12(21)9-16-17(15)11(10-22-16)6-7-23-18(24)13-4-2-3-5-14(13)19(23)25;13-8-4-9-11(15)3-1-2-7-6-14-10(5-8)12(7)9;1-2/h2-5,8-10,22H,6-7H2,1H3;4-6,14H,1-3H2;2H2,1H3. The van der Waals surface area contributed by atoms with Crippen molar-refractivity contribution in [3.63, 3.8) is 0 Å². The molecule has 226 valence electrons. The largest absolute Gasteiger partial charge is 0.465 e. The van der Waals surface area contributed by atoms with Crippen LogP contribution < -0.4 is 5.73 Å². The van der Waals surface area contributed by atoms with Crippen LogP contribution in [0.15, 0.2) is 60.9 Å². The van der Waals surface area contributed by atoms with Gasteiger partial charge < -0.3 is 20.4 Å². The number of methoxy groups -OCH3 is 1. The number of aromatic nitrogens is 2. The Bertz CT molecular complexity index is 1890. The van der Waals surface area contributed by atoms with Crippen LogP contribution in [0.1, 0.15) is 65.4 Å². The fourth-order valence-corrected chi connectivity index (χ4v) is 5.74. The summed E-state index contributed by atoms with van der Waals surface area (Å²) in [7, 11) is 2.73. The molecule has 0 unspecified atom stereocenters. The molecule has 44 heavy (non-hydrogen) atoms. The number of carbonyl (C=O) groups is 4. The highest BCUT2D eigenvalue weighted by Crippen LogP contribution is 2.30. The Balaban J connectivity index is 0.000000190. The highest BCUT2D eigenvalue weighted by Gasteiger charge is 2.34. The average Bonchev–Trinajstić information content (AvgIpc) is 3.67. The predicted molar refractivity (Wildman–Crippen MR) is 161 cm³/mol. The number of carbonyl (C=O) groups excluding carboxylic acids is 4. The van der Waals surface area contributed by atoms with Gasteiger partial charge in [0.1, 0.15) is 11.6 Å². The zero-order chi connectivity index (χ0) is 31.5. The first kappa shape index (κ1) is 30.3. The van der Waals surface area contributed by atoms with E-state index in [0.717, 1.165) is 35.4 Å². The molecule has 0 spiro atoms. The Morgan fingerprint density at radius 1 is 0.864 bits per heavy atom. The van der Waals surface area contributed by atoms with Crippen LogP contribution in [0.25, 0.3) is 21.8 Å². The lowest BCUT2D eigenvalue weighted by molar-refractivity contribution is 0.0599. The number of rotatable bonds is 4. The lowest BCUT2D eigenvalue weighted by Crippen LogP contribution is -2.31. The molecule has 0 saturated carbocycles. The molecule has 0 atom stereocenters. The lowest BCUT2D eigenvalue weighted by atomic mass is 10.0. The maximum Gasteiger partial charge on any atom is 0.338 e. The summed E-state index contributed by atoms with van der Waals surface area (Å²) < 4.78 is 31.8. The summed E-state index contributed by atoms with van der Waals surface area (Å²) in [4.78, 5) is 55.9. The van der Waals surface area contributed by atoms with Crippen molar-refractivity contribution in [3.05, 3.63) is 106 Å². The van der Waals surface area contributed by atoms with E-state index < -0.39 is 11.8 Å². The molecule has 2 amide bonds. The molecule has 2 aliphatic rings. The third-order valence-electron chi connectivity index (χ3n) is 7.69. The van der Waals surface area contributed by atoms with Gasteiger partial charge in [-0.1, -0.05) is 12.1 Å². The second-order valence-corrected chi connectivity index (χ2v) is 10.2. The Morgan fingerprint density at radius 2 is 1.48 bits per heavy atom. The van der Waals surface area contributed by atoms with Crippen LogP contribution in [0, 0.1) is 11.6 Å². The number of aryl methyl sites for hydroxylation is 1. The molecule has 0 bridgehead atoms. The van der Waals surface area contributed by atoms with E-state index in [-0.39, 0.29) is 35.5 Å². The number of nitrogens with two attached hydrogens (primary N) is 1. The zero-order valence-electron chi connectivity index (χ0n) is 24.1. The minimum atomic E-state index is -0.652. The van der Waals surface area contributed by atoms with E-state index in [2.05, 4.69) is 15.7 Å². The van der Waals surface area contributed by atoms with E-state index in [9.17, 15) is 28.0 Å². The molecule has 1 aliphatic carbocycles. The van der Waals surface area contributed by atoms with Gasteiger partial charge in [-0.3, -0.25) is 19.3 Å². The van der Waals surface area contributed by atoms with Crippen LogP contribution in [0.5, 0.6) is 0 Å². The average molecular weight is 601 g/mol. The summed E-state index contributed by atoms with van der Waals surface area (Å²) in [6, 6.07) is 11.9. The molecule has 7 rings (SSSR count). The van der Waals surface area contributed by atoms with Gasteiger partial charge in [0.05, 0.1) is 23.8 Å². The Labute approximate surface area is 251 Å². The summed E-state index contributed by atoms with van der Waals surface area (Å²) >= 11 is 0. The lowest BCUT2D eigenvalue weighted by Gasteiger charge is -2.13. The summed E-state index contributed by atoms with van der Waals surface area (Å²) in [5.41, 5.74) is 8.93. The van der Waals surface area contributed by atoms with Crippen LogP contribution in [0.4, 0.5) is 8.78 Å². The Morgan fingerprint density at radius 3 is 2.14 bits per heavy atom. The normalized spacial score (nSPS) is 13.7. The number of hydrogen-bond acceptors (Lipinski definition) is 6. The number of Topliss-reactive ketones (excluding diaryl/α,β-unsaturated/α-hetero) is 1. The number of fused-ring (bicyclic) bond motifs is 2. The first-order valence-corrected chi connectivity index (χ1v) is 14.0. The van der Waals surface area contributed by atoms with Crippen LogP contribution in [-0.4, -0.2) is 59.1 Å². The summed E-state index contributed by atoms with van der Waals surface area (Å²) in [5, 5.41) is 1.44. The van der Waals surface area contributed by atoms with Crippen molar-refractivity contribution in [3.8, 4) is 0 Å². The molecular formula is C33H30F2N4O5. The number of nitrogens with one attached hydrogen (secondary N) is 2. The number of amides is 2. The summed E-state index contributed by atoms with van der Waals surface area (Å²) in [6.07, 6.45) is 6.11. The second kappa shape index (κ2) is 12.6. The first-order valence-electron chi connectivity index (χ1n) is 14.0. The smallest absolute Gasteiger partial charge is 0.338 e. The number of benzene rings is 3. The Hall–Kier alpha value is -5.16. The predicted octanol–water partition coefficient (Wildman–Crippen LogP) is 5.33. The molecule has 0 fully saturated rings. The molecule has 11 heteroatoms. The van der Waals surface area contributed by atoms with Crippen molar-refractivity contribution >= 4 is 45.4 Å². The maximum absolute atomic E-state index is 13.8. The molecule has 9 nitrogen and oxygen atoms in total. The highest BCUT2D eigenvalue weighted by atomic mass is 19.1. The molecule has 0 saturated heterocycles. The fraction of sp³-hybridized carbons (Fsp3) is 0.212. The molecule has 0 radical (unpaired) electrons.